The Morgan fingerprint density at radius 2 is 1.89 bits per heavy atom. The second-order valence-electron chi connectivity index (χ2n) is 8.03. The Balaban J connectivity index is 0.00000196. The van der Waals surface area contributed by atoms with Crippen LogP contribution >= 0.6 is 24.8 Å². The Morgan fingerprint density at radius 3 is 2.57 bits per heavy atom. The lowest BCUT2D eigenvalue weighted by molar-refractivity contribution is -0.128. The van der Waals surface area contributed by atoms with Crippen molar-refractivity contribution < 1.29 is 14.3 Å². The molecule has 0 aromatic carbocycles. The molecule has 0 aromatic heterocycles. The van der Waals surface area contributed by atoms with Crippen molar-refractivity contribution in [2.75, 3.05) is 59.0 Å². The molecule has 2 amide bonds. The number of nitrogens with one attached hydrogen (secondary N) is 2. The minimum atomic E-state index is -0.0279. The fourth-order valence-corrected chi connectivity index (χ4v) is 4.33. The van der Waals surface area contributed by atoms with Crippen LogP contribution in [0.5, 0.6) is 0 Å². The molecule has 9 heteroatoms. The van der Waals surface area contributed by atoms with Crippen LogP contribution in [-0.2, 0) is 14.3 Å². The van der Waals surface area contributed by atoms with E-state index in [0.717, 1.165) is 65.3 Å². The van der Waals surface area contributed by atoms with Crippen LogP contribution in [0.3, 0.4) is 0 Å². The highest BCUT2D eigenvalue weighted by molar-refractivity contribution is 5.85. The van der Waals surface area contributed by atoms with Gasteiger partial charge in [-0.2, -0.15) is 0 Å². The van der Waals surface area contributed by atoms with Crippen molar-refractivity contribution in [2.24, 2.45) is 11.8 Å². The maximum atomic E-state index is 12.4. The summed E-state index contributed by atoms with van der Waals surface area (Å²) in [6, 6.07) is -0.0279. The van der Waals surface area contributed by atoms with E-state index in [0.29, 0.717) is 31.2 Å². The summed E-state index contributed by atoms with van der Waals surface area (Å²) in [7, 11) is 0. The third-order valence-corrected chi connectivity index (χ3v) is 6.07. The van der Waals surface area contributed by atoms with Crippen molar-refractivity contribution in [3.8, 4) is 0 Å². The average Bonchev–Trinajstić information content (AvgIpc) is 3.00. The van der Waals surface area contributed by atoms with Crippen LogP contribution in [0.4, 0.5) is 0 Å². The van der Waals surface area contributed by atoms with Crippen LogP contribution in [0.2, 0.25) is 0 Å². The second-order valence-corrected chi connectivity index (χ2v) is 8.03. The number of halogens is 2. The normalized spacial score (nSPS) is 25.0. The van der Waals surface area contributed by atoms with Gasteiger partial charge >= 0.3 is 0 Å². The molecule has 3 saturated heterocycles. The molecule has 2 unspecified atom stereocenters. The molecule has 0 saturated carbocycles. The summed E-state index contributed by atoms with van der Waals surface area (Å²) in [5.74, 6) is 1.31. The summed E-state index contributed by atoms with van der Waals surface area (Å²) in [6.07, 6.45) is 3.33. The van der Waals surface area contributed by atoms with Crippen LogP contribution < -0.4 is 10.6 Å². The Morgan fingerprint density at radius 1 is 1.21 bits per heavy atom. The summed E-state index contributed by atoms with van der Waals surface area (Å²) in [5, 5.41) is 6.47. The first-order valence-corrected chi connectivity index (χ1v) is 10.2. The van der Waals surface area contributed by atoms with Crippen molar-refractivity contribution >= 4 is 36.6 Å². The van der Waals surface area contributed by atoms with E-state index in [4.69, 9.17) is 4.74 Å². The highest BCUT2D eigenvalue weighted by Gasteiger charge is 2.31. The molecule has 0 bridgehead atoms. The van der Waals surface area contributed by atoms with Gasteiger partial charge in [0.15, 0.2) is 0 Å². The van der Waals surface area contributed by atoms with Gasteiger partial charge in [0.05, 0.1) is 19.3 Å². The Labute approximate surface area is 181 Å². The fraction of sp³-hybridized carbons (Fsp3) is 0.895. The topological polar surface area (TPSA) is 73.9 Å². The number of hydrogen-bond acceptors (Lipinski definition) is 5. The lowest BCUT2D eigenvalue weighted by Gasteiger charge is -2.29. The van der Waals surface area contributed by atoms with Crippen LogP contribution in [0.15, 0.2) is 0 Å². The van der Waals surface area contributed by atoms with Gasteiger partial charge in [-0.1, -0.05) is 6.92 Å². The number of likely N-dealkylation sites (tertiary alicyclic amines) is 1. The van der Waals surface area contributed by atoms with Gasteiger partial charge < -0.3 is 20.3 Å². The number of amides is 2. The molecule has 2 N–H and O–H groups in total. The molecule has 28 heavy (non-hydrogen) atoms. The van der Waals surface area contributed by atoms with Gasteiger partial charge in [0.1, 0.15) is 0 Å². The van der Waals surface area contributed by atoms with Crippen molar-refractivity contribution in [3.63, 3.8) is 0 Å². The fourth-order valence-electron chi connectivity index (χ4n) is 4.33. The molecule has 0 aliphatic carbocycles. The van der Waals surface area contributed by atoms with Gasteiger partial charge in [0.25, 0.3) is 0 Å². The van der Waals surface area contributed by atoms with E-state index < -0.39 is 0 Å². The minimum absolute atomic E-state index is 0. The molecular weight excluding hydrogens is 403 g/mol. The van der Waals surface area contributed by atoms with Gasteiger partial charge in [-0.25, -0.2) is 0 Å². The molecule has 164 valence electrons. The molecular formula is C19H36Cl2N4O3. The highest BCUT2D eigenvalue weighted by atomic mass is 35.5. The van der Waals surface area contributed by atoms with Gasteiger partial charge in [-0.15, -0.1) is 24.8 Å². The van der Waals surface area contributed by atoms with Crippen molar-refractivity contribution in [3.05, 3.63) is 0 Å². The smallest absolute Gasteiger partial charge is 0.224 e. The average molecular weight is 439 g/mol. The zero-order valence-corrected chi connectivity index (χ0v) is 18.5. The molecule has 3 aliphatic rings. The van der Waals surface area contributed by atoms with E-state index in [1.165, 1.54) is 0 Å². The minimum Gasteiger partial charge on any atom is -0.379 e. The lowest BCUT2D eigenvalue weighted by atomic mass is 9.84. The van der Waals surface area contributed by atoms with Crippen LogP contribution in [-0.4, -0.2) is 86.7 Å². The molecule has 0 aromatic rings. The van der Waals surface area contributed by atoms with Crippen molar-refractivity contribution in [1.82, 2.24) is 20.4 Å². The van der Waals surface area contributed by atoms with Crippen molar-refractivity contribution in [2.45, 2.75) is 38.6 Å². The number of carbonyl (C=O) groups excluding carboxylic acids is 2. The van der Waals surface area contributed by atoms with E-state index in [-0.39, 0.29) is 42.7 Å². The van der Waals surface area contributed by atoms with Crippen LogP contribution in [0, 0.1) is 11.8 Å². The number of carbonyl (C=O) groups is 2. The monoisotopic (exact) mass is 438 g/mol. The molecule has 3 aliphatic heterocycles. The van der Waals surface area contributed by atoms with Gasteiger partial charge in [0.2, 0.25) is 11.8 Å². The molecule has 0 radical (unpaired) electrons. The first-order valence-electron chi connectivity index (χ1n) is 10.2. The molecule has 3 rings (SSSR count). The number of hydrogen-bond donors (Lipinski definition) is 2. The summed E-state index contributed by atoms with van der Waals surface area (Å²) in [5.41, 5.74) is 0. The highest BCUT2D eigenvalue weighted by Crippen LogP contribution is 2.24. The number of piperidine rings is 1. The molecule has 2 atom stereocenters. The predicted octanol–water partition coefficient (Wildman–Crippen LogP) is 0.905. The first-order chi connectivity index (χ1) is 12.6. The zero-order chi connectivity index (χ0) is 18.4. The standard InChI is InChI=1S/C19H34N4O3.2ClH/c1-15(16-2-4-20-5-3-16)12-18(24)21-17-13-19(25)23(14-17)7-6-22-8-10-26-11-9-22;;/h15-17,20H,2-14H2,1H3,(H,21,24);2*1H. The lowest BCUT2D eigenvalue weighted by Crippen LogP contribution is -2.43. The van der Waals surface area contributed by atoms with E-state index in [9.17, 15) is 9.59 Å². The molecule has 7 nitrogen and oxygen atoms in total. The SMILES string of the molecule is CC(CC(=O)NC1CC(=O)N(CCN2CCOCC2)C1)C1CCNCC1.Cl.Cl. The Kier molecular flexibility index (Phi) is 11.7. The summed E-state index contributed by atoms with van der Waals surface area (Å²) < 4.78 is 5.36. The van der Waals surface area contributed by atoms with E-state index in [1.807, 2.05) is 4.90 Å². The summed E-state index contributed by atoms with van der Waals surface area (Å²) in [4.78, 5) is 28.9. The Hall–Kier alpha value is -0.600. The largest absolute Gasteiger partial charge is 0.379 e. The van der Waals surface area contributed by atoms with E-state index in [2.05, 4.69) is 22.5 Å². The third kappa shape index (κ3) is 7.67. The van der Waals surface area contributed by atoms with Gasteiger partial charge in [-0.05, 0) is 37.8 Å². The van der Waals surface area contributed by atoms with E-state index >= 15 is 0 Å². The maximum absolute atomic E-state index is 12.4. The Bertz CT molecular complexity index is 486. The van der Waals surface area contributed by atoms with E-state index in [1.54, 1.807) is 0 Å². The van der Waals surface area contributed by atoms with Crippen LogP contribution in [0.1, 0.15) is 32.6 Å². The summed E-state index contributed by atoms with van der Waals surface area (Å²) >= 11 is 0. The predicted molar refractivity (Wildman–Crippen MR) is 114 cm³/mol. The third-order valence-electron chi connectivity index (χ3n) is 6.07. The van der Waals surface area contributed by atoms with Crippen LogP contribution in [0.25, 0.3) is 0 Å². The molecule has 3 fully saturated rings. The quantitative estimate of drug-likeness (QED) is 0.617. The van der Waals surface area contributed by atoms with Gasteiger partial charge in [0, 0.05) is 45.6 Å². The summed E-state index contributed by atoms with van der Waals surface area (Å²) in [6.45, 7) is 10.0. The zero-order valence-electron chi connectivity index (χ0n) is 16.9. The maximum Gasteiger partial charge on any atom is 0.224 e. The second kappa shape index (κ2) is 12.9. The number of rotatable bonds is 7. The number of morpholine rings is 1. The number of nitrogens with zero attached hydrogens (tertiary/aromatic N) is 2. The molecule has 0 spiro atoms. The first kappa shape index (κ1) is 25.4. The number of ether oxygens (including phenoxy) is 1. The van der Waals surface area contributed by atoms with Gasteiger partial charge in [-0.3, -0.25) is 14.5 Å². The van der Waals surface area contributed by atoms with Crippen molar-refractivity contribution in [1.29, 1.82) is 0 Å². The molecule has 3 heterocycles.